The molecule has 0 aliphatic carbocycles. The maximum atomic E-state index is 14.0. The number of carbonyl (C=O) groups is 2. The molecule has 0 unspecified atom stereocenters. The predicted octanol–water partition coefficient (Wildman–Crippen LogP) is 4.32. The number of halogens is 2. The number of carboxylic acids is 1. The number of aromatic carboxylic acids is 1. The number of hydrogen-bond acceptors (Lipinski definition) is 3. The molecule has 3 rings (SSSR count). The zero-order valence-corrected chi connectivity index (χ0v) is 14.1. The average Bonchev–Trinajstić information content (AvgIpc) is 3.09. The molecule has 2 aromatic carbocycles. The minimum absolute atomic E-state index is 0.0837. The van der Waals surface area contributed by atoms with E-state index in [1.807, 2.05) is 0 Å². The Hall–Kier alpha value is -3.06. The number of amides is 1. The first-order valence-corrected chi connectivity index (χ1v) is 8.41. The molecule has 2 N–H and O–H groups in total. The van der Waals surface area contributed by atoms with Gasteiger partial charge >= 0.3 is 5.97 Å². The minimum Gasteiger partial charge on any atom is -0.477 e. The number of hydrogen-bond donors (Lipinski definition) is 2. The smallest absolute Gasteiger partial charge is 0.345 e. The van der Waals surface area contributed by atoms with E-state index in [9.17, 15) is 18.4 Å². The summed E-state index contributed by atoms with van der Waals surface area (Å²) < 4.78 is 27.4. The van der Waals surface area contributed by atoms with Gasteiger partial charge < -0.3 is 10.4 Å². The van der Waals surface area contributed by atoms with Gasteiger partial charge in [-0.15, -0.1) is 11.3 Å². The largest absolute Gasteiger partial charge is 0.477 e. The van der Waals surface area contributed by atoms with Gasteiger partial charge in [0.15, 0.2) is 0 Å². The lowest BCUT2D eigenvalue weighted by molar-refractivity contribution is 0.0702. The monoisotopic (exact) mass is 373 g/mol. The molecule has 0 bridgehead atoms. The number of thiophene rings is 1. The predicted molar refractivity (Wildman–Crippen MR) is 94.2 cm³/mol. The van der Waals surface area contributed by atoms with E-state index >= 15 is 0 Å². The van der Waals surface area contributed by atoms with Crippen LogP contribution in [0, 0.1) is 11.6 Å². The Morgan fingerprint density at radius 1 is 1.00 bits per heavy atom. The van der Waals surface area contributed by atoms with Gasteiger partial charge in [0.2, 0.25) is 0 Å². The Kier molecular flexibility index (Phi) is 5.09. The molecular formula is C19H13F2NO3S. The van der Waals surface area contributed by atoms with Gasteiger partial charge in [0.25, 0.3) is 5.91 Å². The summed E-state index contributed by atoms with van der Waals surface area (Å²) in [5.74, 6) is -2.79. The van der Waals surface area contributed by atoms with Crippen LogP contribution in [0.1, 0.15) is 24.9 Å². The van der Waals surface area contributed by atoms with Crippen molar-refractivity contribution in [1.29, 1.82) is 0 Å². The second kappa shape index (κ2) is 7.45. The maximum Gasteiger partial charge on any atom is 0.345 e. The van der Waals surface area contributed by atoms with E-state index in [4.69, 9.17) is 5.11 Å². The molecule has 0 atom stereocenters. The van der Waals surface area contributed by atoms with Gasteiger partial charge in [-0.25, -0.2) is 13.6 Å². The van der Waals surface area contributed by atoms with Gasteiger partial charge in [-0.3, -0.25) is 4.79 Å². The fourth-order valence-electron chi connectivity index (χ4n) is 2.40. The van der Waals surface area contributed by atoms with Crippen LogP contribution in [-0.2, 0) is 6.54 Å². The zero-order valence-electron chi connectivity index (χ0n) is 13.3. The molecule has 1 aromatic heterocycles. The first-order chi connectivity index (χ1) is 12.4. The molecule has 132 valence electrons. The highest BCUT2D eigenvalue weighted by Gasteiger charge is 2.14. The second-order valence-corrected chi connectivity index (χ2v) is 6.63. The molecule has 0 saturated carbocycles. The zero-order chi connectivity index (χ0) is 18.7. The van der Waals surface area contributed by atoms with Gasteiger partial charge in [0.1, 0.15) is 16.5 Å². The quantitative estimate of drug-likeness (QED) is 0.700. The van der Waals surface area contributed by atoms with Crippen LogP contribution in [0.2, 0.25) is 0 Å². The Morgan fingerprint density at radius 2 is 1.77 bits per heavy atom. The van der Waals surface area contributed by atoms with Crippen molar-refractivity contribution in [1.82, 2.24) is 5.32 Å². The van der Waals surface area contributed by atoms with E-state index in [2.05, 4.69) is 5.32 Å². The molecule has 0 aliphatic rings. The lowest BCUT2D eigenvalue weighted by Gasteiger charge is -2.08. The molecule has 0 spiro atoms. The standard InChI is InChI=1S/C19H13F2NO3S/c20-13-3-1-2-11(8-13)12-4-6-16(21)15(9-12)18(23)22-10-14-5-7-17(26-14)19(24)25/h1-9H,10H2,(H,22,23)(H,24,25). The van der Waals surface area contributed by atoms with E-state index in [1.165, 1.54) is 36.4 Å². The van der Waals surface area contributed by atoms with Gasteiger partial charge in [0.05, 0.1) is 12.1 Å². The molecule has 0 saturated heterocycles. The molecule has 1 heterocycles. The molecule has 7 heteroatoms. The second-order valence-electron chi connectivity index (χ2n) is 5.46. The van der Waals surface area contributed by atoms with Gasteiger partial charge in [-0.2, -0.15) is 0 Å². The molecule has 26 heavy (non-hydrogen) atoms. The summed E-state index contributed by atoms with van der Waals surface area (Å²) in [6, 6.07) is 12.8. The van der Waals surface area contributed by atoms with Crippen LogP contribution >= 0.6 is 11.3 Å². The van der Waals surface area contributed by atoms with Crippen LogP contribution in [0.15, 0.2) is 54.6 Å². The normalized spacial score (nSPS) is 10.5. The highest BCUT2D eigenvalue weighted by Crippen LogP contribution is 2.23. The first-order valence-electron chi connectivity index (χ1n) is 7.60. The lowest BCUT2D eigenvalue weighted by atomic mass is 10.0. The summed E-state index contributed by atoms with van der Waals surface area (Å²) in [5, 5.41) is 11.5. The van der Waals surface area contributed by atoms with E-state index < -0.39 is 23.5 Å². The molecule has 3 aromatic rings. The van der Waals surface area contributed by atoms with Crippen LogP contribution in [0.5, 0.6) is 0 Å². The highest BCUT2D eigenvalue weighted by molar-refractivity contribution is 7.13. The Labute approximate surface area is 151 Å². The average molecular weight is 373 g/mol. The first kappa shape index (κ1) is 17.8. The van der Waals surface area contributed by atoms with Crippen molar-refractivity contribution in [3.63, 3.8) is 0 Å². The Morgan fingerprint density at radius 3 is 2.46 bits per heavy atom. The Bertz CT molecular complexity index is 984. The molecular weight excluding hydrogens is 360 g/mol. The third kappa shape index (κ3) is 3.94. The van der Waals surface area contributed by atoms with Crippen molar-refractivity contribution in [3.05, 3.63) is 81.5 Å². The van der Waals surface area contributed by atoms with Crippen LogP contribution in [0.4, 0.5) is 8.78 Å². The summed E-state index contributed by atoms with van der Waals surface area (Å²) >= 11 is 1.03. The summed E-state index contributed by atoms with van der Waals surface area (Å²) in [7, 11) is 0. The fourth-order valence-corrected chi connectivity index (χ4v) is 3.18. The number of nitrogens with one attached hydrogen (secondary N) is 1. The van der Waals surface area contributed by atoms with E-state index in [0.29, 0.717) is 16.0 Å². The van der Waals surface area contributed by atoms with Crippen molar-refractivity contribution in [2.24, 2.45) is 0 Å². The van der Waals surface area contributed by atoms with Gasteiger partial charge in [-0.1, -0.05) is 18.2 Å². The number of carboxylic acid groups (broad SMARTS) is 1. The van der Waals surface area contributed by atoms with Gasteiger partial charge in [0, 0.05) is 4.88 Å². The highest BCUT2D eigenvalue weighted by atomic mass is 32.1. The number of rotatable bonds is 5. The minimum atomic E-state index is -1.04. The maximum absolute atomic E-state index is 14.0. The summed E-state index contributed by atoms with van der Waals surface area (Å²) in [4.78, 5) is 24.0. The van der Waals surface area contributed by atoms with E-state index in [1.54, 1.807) is 12.1 Å². The number of carbonyl (C=O) groups excluding carboxylic acids is 1. The van der Waals surface area contributed by atoms with Crippen LogP contribution in [-0.4, -0.2) is 17.0 Å². The molecule has 1 amide bonds. The molecule has 0 fully saturated rings. The van der Waals surface area contributed by atoms with Crippen molar-refractivity contribution >= 4 is 23.2 Å². The third-order valence-corrected chi connectivity index (χ3v) is 4.74. The van der Waals surface area contributed by atoms with Gasteiger partial charge in [-0.05, 0) is 47.5 Å². The van der Waals surface area contributed by atoms with Crippen LogP contribution in [0.25, 0.3) is 11.1 Å². The molecule has 4 nitrogen and oxygen atoms in total. The van der Waals surface area contributed by atoms with E-state index in [0.717, 1.165) is 17.4 Å². The SMILES string of the molecule is O=C(O)c1ccc(CNC(=O)c2cc(-c3cccc(F)c3)ccc2F)s1. The van der Waals surface area contributed by atoms with E-state index in [-0.39, 0.29) is 17.0 Å². The van der Waals surface area contributed by atoms with Crippen molar-refractivity contribution in [2.75, 3.05) is 0 Å². The topological polar surface area (TPSA) is 66.4 Å². The van der Waals surface area contributed by atoms with Crippen LogP contribution in [0.3, 0.4) is 0 Å². The summed E-state index contributed by atoms with van der Waals surface area (Å²) in [5.41, 5.74) is 0.880. The molecule has 0 radical (unpaired) electrons. The Balaban J connectivity index is 1.78. The van der Waals surface area contributed by atoms with Crippen molar-refractivity contribution < 1.29 is 23.5 Å². The van der Waals surface area contributed by atoms with Crippen molar-refractivity contribution in [3.8, 4) is 11.1 Å². The fraction of sp³-hybridized carbons (Fsp3) is 0.0526. The molecule has 0 aliphatic heterocycles. The van der Waals surface area contributed by atoms with Crippen LogP contribution < -0.4 is 5.32 Å². The lowest BCUT2D eigenvalue weighted by Crippen LogP contribution is -2.23. The van der Waals surface area contributed by atoms with Crippen molar-refractivity contribution in [2.45, 2.75) is 6.54 Å². The number of benzene rings is 2. The summed E-state index contributed by atoms with van der Waals surface area (Å²) in [6.07, 6.45) is 0. The summed E-state index contributed by atoms with van der Waals surface area (Å²) in [6.45, 7) is 0.0837. The third-order valence-electron chi connectivity index (χ3n) is 3.66.